The van der Waals surface area contributed by atoms with Crippen molar-refractivity contribution in [2.45, 2.75) is 30.8 Å². The molecule has 1 saturated heterocycles. The standard InChI is InChI=1S/C27H36N6O6S2/c1-4-28-13-14-33(2)23-11-10-22-26(30-23)40-27(29-22)31-25(34)24(32-39-20-12-16-38-18-20)19-6-8-21(9-7-19)41(35,36)17-5-15-37-3/h6-11,20,28H,4-5,12-18H2,1-3H3,(H,29,31,34)/b32-24+/t20-/m1/s1. The van der Waals surface area contributed by atoms with Gasteiger partial charge in [-0.1, -0.05) is 35.5 Å². The molecule has 2 aromatic heterocycles. The van der Waals surface area contributed by atoms with Crippen molar-refractivity contribution in [2.24, 2.45) is 5.16 Å². The van der Waals surface area contributed by atoms with Crippen LogP contribution >= 0.6 is 11.3 Å². The van der Waals surface area contributed by atoms with Crippen LogP contribution in [0.25, 0.3) is 10.3 Å². The third kappa shape index (κ3) is 8.42. The van der Waals surface area contributed by atoms with Crippen molar-refractivity contribution >= 4 is 54.1 Å². The van der Waals surface area contributed by atoms with E-state index in [4.69, 9.17) is 19.3 Å². The number of nitrogens with one attached hydrogen (secondary N) is 2. The summed E-state index contributed by atoms with van der Waals surface area (Å²) in [4.78, 5) is 31.1. The number of pyridine rings is 1. The molecule has 0 saturated carbocycles. The molecule has 0 bridgehead atoms. The molecule has 1 fully saturated rings. The van der Waals surface area contributed by atoms with E-state index in [1.165, 1.54) is 30.6 Å². The van der Waals surface area contributed by atoms with Gasteiger partial charge >= 0.3 is 0 Å². The number of benzene rings is 1. The average Bonchev–Trinajstić information content (AvgIpc) is 3.62. The average molecular weight is 605 g/mol. The molecule has 1 aliphatic heterocycles. The van der Waals surface area contributed by atoms with E-state index in [0.717, 1.165) is 25.5 Å². The fraction of sp³-hybridized carbons (Fsp3) is 0.481. The van der Waals surface area contributed by atoms with Crippen molar-refractivity contribution in [1.82, 2.24) is 15.3 Å². The zero-order chi connectivity index (χ0) is 29.2. The third-order valence-electron chi connectivity index (χ3n) is 6.37. The summed E-state index contributed by atoms with van der Waals surface area (Å²) < 4.78 is 35.6. The second kappa shape index (κ2) is 14.6. The summed E-state index contributed by atoms with van der Waals surface area (Å²) in [5.74, 6) is 0.232. The number of ether oxygens (including phenoxy) is 2. The van der Waals surface area contributed by atoms with Crippen molar-refractivity contribution in [3.8, 4) is 0 Å². The summed E-state index contributed by atoms with van der Waals surface area (Å²) in [6.07, 6.45) is 0.775. The van der Waals surface area contributed by atoms with Gasteiger partial charge in [0.05, 0.1) is 23.9 Å². The highest BCUT2D eigenvalue weighted by Gasteiger charge is 2.22. The molecule has 14 heteroatoms. The predicted octanol–water partition coefficient (Wildman–Crippen LogP) is 2.70. The zero-order valence-corrected chi connectivity index (χ0v) is 25.1. The Kier molecular flexibility index (Phi) is 11.0. The van der Waals surface area contributed by atoms with Crippen molar-refractivity contribution < 1.29 is 27.5 Å². The number of carbonyl (C=O) groups is 1. The van der Waals surface area contributed by atoms with Crippen LogP contribution in [-0.2, 0) is 28.9 Å². The Labute approximate surface area is 244 Å². The van der Waals surface area contributed by atoms with Gasteiger partial charge in [-0.05, 0) is 37.2 Å². The Bertz CT molecular complexity index is 1440. The number of carbonyl (C=O) groups excluding carboxylic acids is 1. The molecule has 12 nitrogen and oxygen atoms in total. The maximum absolute atomic E-state index is 13.4. The minimum Gasteiger partial charge on any atom is -0.389 e. The number of methoxy groups -OCH3 is 1. The summed E-state index contributed by atoms with van der Waals surface area (Å²) in [7, 11) is 0.0138. The van der Waals surface area contributed by atoms with E-state index in [-0.39, 0.29) is 22.5 Å². The fourth-order valence-corrected chi connectivity index (χ4v) is 6.16. The van der Waals surface area contributed by atoms with Gasteiger partial charge in [-0.3, -0.25) is 10.1 Å². The predicted molar refractivity (Wildman–Crippen MR) is 160 cm³/mol. The summed E-state index contributed by atoms with van der Waals surface area (Å²) >= 11 is 1.25. The van der Waals surface area contributed by atoms with Gasteiger partial charge in [0.1, 0.15) is 16.2 Å². The lowest BCUT2D eigenvalue weighted by Gasteiger charge is -2.17. The zero-order valence-electron chi connectivity index (χ0n) is 23.5. The van der Waals surface area contributed by atoms with Crippen LogP contribution < -0.4 is 15.5 Å². The van der Waals surface area contributed by atoms with Gasteiger partial charge in [0.15, 0.2) is 26.8 Å². The first-order valence-corrected chi connectivity index (χ1v) is 15.9. The Morgan fingerprint density at radius 2 is 2.02 bits per heavy atom. The minimum absolute atomic E-state index is 0.00343. The number of likely N-dealkylation sites (N-methyl/N-ethyl adjacent to an activating group) is 2. The van der Waals surface area contributed by atoms with Gasteiger partial charge in [0.25, 0.3) is 5.91 Å². The smallest absolute Gasteiger partial charge is 0.280 e. The SMILES string of the molecule is CCNCCN(C)c1ccc2nc(NC(=O)/C(=N/O[C@@H]3CCOC3)c3ccc(S(=O)(=O)CCCOC)cc3)sc2n1. The molecular weight excluding hydrogens is 568 g/mol. The number of amides is 1. The first kappa shape index (κ1) is 30.8. The van der Waals surface area contributed by atoms with Crippen LogP contribution in [0.3, 0.4) is 0 Å². The van der Waals surface area contributed by atoms with Crippen LogP contribution in [-0.4, -0.2) is 95.5 Å². The lowest BCUT2D eigenvalue weighted by molar-refractivity contribution is -0.110. The summed E-state index contributed by atoms with van der Waals surface area (Å²) in [5, 5.41) is 10.6. The van der Waals surface area contributed by atoms with E-state index >= 15 is 0 Å². The molecule has 1 aromatic carbocycles. The number of thiazole rings is 1. The van der Waals surface area contributed by atoms with Crippen molar-refractivity contribution in [1.29, 1.82) is 0 Å². The Morgan fingerprint density at radius 3 is 2.73 bits per heavy atom. The van der Waals surface area contributed by atoms with E-state index in [1.807, 2.05) is 19.2 Å². The van der Waals surface area contributed by atoms with Gasteiger partial charge in [-0.25, -0.2) is 18.4 Å². The Balaban J connectivity index is 1.52. The first-order valence-electron chi connectivity index (χ1n) is 13.4. The fourth-order valence-electron chi connectivity index (χ4n) is 4.05. The number of hydrogen-bond donors (Lipinski definition) is 2. The molecule has 1 aliphatic rings. The van der Waals surface area contributed by atoms with Crippen LogP contribution in [0.2, 0.25) is 0 Å². The highest BCUT2D eigenvalue weighted by molar-refractivity contribution is 7.91. The highest BCUT2D eigenvalue weighted by atomic mass is 32.2. The van der Waals surface area contributed by atoms with Gasteiger partial charge < -0.3 is 24.5 Å². The molecular formula is C27H36N6O6S2. The molecule has 41 heavy (non-hydrogen) atoms. The minimum atomic E-state index is -3.49. The lowest BCUT2D eigenvalue weighted by atomic mass is 10.1. The molecule has 1 atom stereocenters. The van der Waals surface area contributed by atoms with Crippen LogP contribution in [0.5, 0.6) is 0 Å². The van der Waals surface area contributed by atoms with E-state index in [0.29, 0.717) is 53.7 Å². The van der Waals surface area contributed by atoms with Gasteiger partial charge in [0, 0.05) is 45.8 Å². The molecule has 0 spiro atoms. The van der Waals surface area contributed by atoms with Crippen LogP contribution in [0.15, 0.2) is 46.4 Å². The van der Waals surface area contributed by atoms with E-state index < -0.39 is 15.7 Å². The largest absolute Gasteiger partial charge is 0.389 e. The number of fused-ring (bicyclic) bond motifs is 1. The second-order valence-electron chi connectivity index (χ2n) is 9.46. The first-order chi connectivity index (χ1) is 19.8. The quantitative estimate of drug-likeness (QED) is 0.151. The van der Waals surface area contributed by atoms with Crippen LogP contribution in [0.4, 0.5) is 10.9 Å². The number of hydrogen-bond acceptors (Lipinski definition) is 12. The topological polar surface area (TPSA) is 144 Å². The van der Waals surface area contributed by atoms with Crippen LogP contribution in [0, 0.1) is 0 Å². The highest BCUT2D eigenvalue weighted by Crippen LogP contribution is 2.27. The summed E-state index contributed by atoms with van der Waals surface area (Å²) in [6.45, 7) is 5.90. The number of oxime groups is 1. The molecule has 0 radical (unpaired) electrons. The number of aromatic nitrogens is 2. The molecule has 3 heterocycles. The summed E-state index contributed by atoms with van der Waals surface area (Å²) in [5.41, 5.74) is 1.06. The monoisotopic (exact) mass is 604 g/mol. The van der Waals surface area contributed by atoms with E-state index in [2.05, 4.69) is 32.6 Å². The molecule has 1 amide bonds. The maximum atomic E-state index is 13.4. The van der Waals surface area contributed by atoms with Crippen molar-refractivity contribution in [3.63, 3.8) is 0 Å². The molecule has 0 aliphatic carbocycles. The molecule has 3 aromatic rings. The maximum Gasteiger partial charge on any atom is 0.280 e. The molecule has 4 rings (SSSR count). The third-order valence-corrected chi connectivity index (χ3v) is 9.07. The molecule has 2 N–H and O–H groups in total. The van der Waals surface area contributed by atoms with Crippen molar-refractivity contribution in [2.75, 3.05) is 69.6 Å². The van der Waals surface area contributed by atoms with Crippen LogP contribution in [0.1, 0.15) is 25.3 Å². The van der Waals surface area contributed by atoms with Crippen molar-refractivity contribution in [3.05, 3.63) is 42.0 Å². The lowest BCUT2D eigenvalue weighted by Crippen LogP contribution is -2.29. The molecule has 222 valence electrons. The van der Waals surface area contributed by atoms with E-state index in [1.54, 1.807) is 12.1 Å². The Morgan fingerprint density at radius 1 is 1.22 bits per heavy atom. The number of nitrogens with zero attached hydrogens (tertiary/aromatic N) is 4. The summed E-state index contributed by atoms with van der Waals surface area (Å²) in [6, 6.07) is 9.80. The van der Waals surface area contributed by atoms with Gasteiger partial charge in [-0.15, -0.1) is 0 Å². The second-order valence-corrected chi connectivity index (χ2v) is 12.5. The van der Waals surface area contributed by atoms with E-state index in [9.17, 15) is 13.2 Å². The number of sulfone groups is 1. The molecule has 0 unspecified atom stereocenters. The Hall–Kier alpha value is -3.17. The normalized spacial score (nSPS) is 15.8. The number of anilines is 2. The van der Waals surface area contributed by atoms with Gasteiger partial charge in [-0.2, -0.15) is 0 Å². The number of rotatable bonds is 15. The van der Waals surface area contributed by atoms with Gasteiger partial charge in [0.2, 0.25) is 0 Å².